The second-order valence-corrected chi connectivity index (χ2v) is 3.78. The summed E-state index contributed by atoms with van der Waals surface area (Å²) in [7, 11) is 0. The van der Waals surface area contributed by atoms with Crippen LogP contribution in [-0.2, 0) is 9.59 Å². The van der Waals surface area contributed by atoms with Crippen LogP contribution in [0.15, 0.2) is 0 Å². The van der Waals surface area contributed by atoms with Gasteiger partial charge in [-0.15, -0.1) is 0 Å². The van der Waals surface area contributed by atoms with Gasteiger partial charge in [0.25, 0.3) is 0 Å². The Morgan fingerprint density at radius 2 is 2.00 bits per heavy atom. The van der Waals surface area contributed by atoms with E-state index in [1.54, 1.807) is 0 Å². The summed E-state index contributed by atoms with van der Waals surface area (Å²) in [4.78, 5) is 33.9. The van der Waals surface area contributed by atoms with Crippen LogP contribution in [-0.4, -0.2) is 58.8 Å². The highest BCUT2D eigenvalue weighted by Gasteiger charge is 2.18. The minimum Gasteiger partial charge on any atom is -0.479 e. The molecule has 0 aliphatic heterocycles. The summed E-state index contributed by atoms with van der Waals surface area (Å²) >= 11 is 0. The van der Waals surface area contributed by atoms with E-state index >= 15 is 0 Å². The smallest absolute Gasteiger partial charge is 0.334 e. The summed E-state index contributed by atoms with van der Waals surface area (Å²) in [5.74, 6) is -2.08. The Morgan fingerprint density at radius 1 is 1.39 bits per heavy atom. The van der Waals surface area contributed by atoms with Crippen molar-refractivity contribution in [2.24, 2.45) is 5.73 Å². The van der Waals surface area contributed by atoms with Gasteiger partial charge in [-0.1, -0.05) is 13.3 Å². The van der Waals surface area contributed by atoms with Gasteiger partial charge >= 0.3 is 12.0 Å². The SMILES string of the molecule is CCCCN(CC(N)=O)C(=O)NCC(O)C(=O)O. The van der Waals surface area contributed by atoms with E-state index in [9.17, 15) is 14.4 Å². The summed E-state index contributed by atoms with van der Waals surface area (Å²) in [5, 5.41) is 19.6. The summed E-state index contributed by atoms with van der Waals surface area (Å²) in [5.41, 5.74) is 5.00. The topological polar surface area (TPSA) is 133 Å². The summed E-state index contributed by atoms with van der Waals surface area (Å²) in [6, 6.07) is -0.623. The molecule has 0 fully saturated rings. The summed E-state index contributed by atoms with van der Waals surface area (Å²) < 4.78 is 0. The number of nitrogens with one attached hydrogen (secondary N) is 1. The first-order valence-corrected chi connectivity index (χ1v) is 5.60. The van der Waals surface area contributed by atoms with Crippen LogP contribution in [0.2, 0.25) is 0 Å². The van der Waals surface area contributed by atoms with E-state index in [0.29, 0.717) is 13.0 Å². The molecule has 1 atom stereocenters. The van der Waals surface area contributed by atoms with E-state index in [-0.39, 0.29) is 6.54 Å². The molecule has 3 amide bonds. The number of carboxylic acid groups (broad SMARTS) is 1. The Bertz CT molecular complexity index is 308. The van der Waals surface area contributed by atoms with Crippen molar-refractivity contribution in [1.29, 1.82) is 0 Å². The van der Waals surface area contributed by atoms with Gasteiger partial charge in [0.15, 0.2) is 6.10 Å². The molecule has 8 nitrogen and oxygen atoms in total. The number of carbonyl (C=O) groups is 3. The van der Waals surface area contributed by atoms with Crippen molar-refractivity contribution in [3.05, 3.63) is 0 Å². The molecular weight excluding hydrogens is 242 g/mol. The second-order valence-electron chi connectivity index (χ2n) is 3.78. The number of aliphatic hydroxyl groups is 1. The van der Waals surface area contributed by atoms with Gasteiger partial charge in [-0.05, 0) is 6.42 Å². The maximum absolute atomic E-state index is 11.6. The van der Waals surface area contributed by atoms with Crippen LogP contribution in [0, 0.1) is 0 Å². The molecule has 0 bridgehead atoms. The molecule has 0 radical (unpaired) electrons. The lowest BCUT2D eigenvalue weighted by atomic mass is 10.3. The number of nitrogens with two attached hydrogens (primary N) is 1. The molecule has 0 aromatic heterocycles. The lowest BCUT2D eigenvalue weighted by molar-refractivity contribution is -0.146. The maximum atomic E-state index is 11.6. The molecule has 18 heavy (non-hydrogen) atoms. The summed E-state index contributed by atoms with van der Waals surface area (Å²) in [6.07, 6.45) is -0.141. The minimum atomic E-state index is -1.67. The third kappa shape index (κ3) is 6.69. The van der Waals surface area contributed by atoms with Gasteiger partial charge in [0.05, 0.1) is 6.54 Å². The quantitative estimate of drug-likeness (QED) is 0.432. The van der Waals surface area contributed by atoms with Gasteiger partial charge in [0.2, 0.25) is 5.91 Å². The molecule has 0 spiro atoms. The summed E-state index contributed by atoms with van der Waals surface area (Å²) in [6.45, 7) is 1.60. The Labute approximate surface area is 105 Å². The third-order valence-electron chi connectivity index (χ3n) is 2.15. The largest absolute Gasteiger partial charge is 0.479 e. The normalized spacial score (nSPS) is 11.7. The van der Waals surface area contributed by atoms with Crippen LogP contribution in [0.5, 0.6) is 0 Å². The van der Waals surface area contributed by atoms with E-state index < -0.39 is 30.6 Å². The number of hydrogen-bond donors (Lipinski definition) is 4. The number of nitrogens with zero attached hydrogens (tertiary/aromatic N) is 1. The minimum absolute atomic E-state index is 0.241. The number of unbranched alkanes of at least 4 members (excludes halogenated alkanes) is 1. The van der Waals surface area contributed by atoms with Crippen molar-refractivity contribution in [2.45, 2.75) is 25.9 Å². The van der Waals surface area contributed by atoms with Gasteiger partial charge in [0, 0.05) is 6.54 Å². The molecule has 0 rings (SSSR count). The zero-order valence-electron chi connectivity index (χ0n) is 10.3. The highest BCUT2D eigenvalue weighted by molar-refractivity contribution is 5.83. The lowest BCUT2D eigenvalue weighted by Gasteiger charge is -2.21. The van der Waals surface area contributed by atoms with Crippen LogP contribution < -0.4 is 11.1 Å². The van der Waals surface area contributed by atoms with Crippen LogP contribution in [0.1, 0.15) is 19.8 Å². The average Bonchev–Trinajstić information content (AvgIpc) is 2.30. The molecule has 0 heterocycles. The second kappa shape index (κ2) is 8.29. The van der Waals surface area contributed by atoms with E-state index in [0.717, 1.165) is 6.42 Å². The first-order valence-electron chi connectivity index (χ1n) is 5.60. The van der Waals surface area contributed by atoms with Gasteiger partial charge in [-0.25, -0.2) is 9.59 Å². The molecule has 0 aromatic carbocycles. The van der Waals surface area contributed by atoms with Gasteiger partial charge < -0.3 is 26.2 Å². The van der Waals surface area contributed by atoms with Crippen LogP contribution in [0.25, 0.3) is 0 Å². The molecular formula is C10H19N3O5. The molecule has 1 unspecified atom stereocenters. The van der Waals surface area contributed by atoms with Crippen molar-refractivity contribution in [3.63, 3.8) is 0 Å². The van der Waals surface area contributed by atoms with Gasteiger partial charge in [-0.2, -0.15) is 0 Å². The number of amides is 3. The fourth-order valence-electron chi connectivity index (χ4n) is 1.17. The highest BCUT2D eigenvalue weighted by Crippen LogP contribution is 1.96. The van der Waals surface area contributed by atoms with Crippen molar-refractivity contribution < 1.29 is 24.6 Å². The fraction of sp³-hybridized carbons (Fsp3) is 0.700. The van der Waals surface area contributed by atoms with E-state index in [1.807, 2.05) is 6.92 Å². The van der Waals surface area contributed by atoms with Crippen LogP contribution in [0.3, 0.4) is 0 Å². The predicted octanol–water partition coefficient (Wildman–Crippen LogP) is -1.27. The number of carboxylic acids is 1. The van der Waals surface area contributed by atoms with Crippen molar-refractivity contribution in [3.8, 4) is 0 Å². The van der Waals surface area contributed by atoms with E-state index in [4.69, 9.17) is 15.9 Å². The Morgan fingerprint density at radius 3 is 2.44 bits per heavy atom. The molecule has 5 N–H and O–H groups in total. The van der Waals surface area contributed by atoms with Crippen molar-refractivity contribution >= 4 is 17.9 Å². The number of aliphatic hydroxyl groups excluding tert-OH is 1. The lowest BCUT2D eigenvalue weighted by Crippen LogP contribution is -2.47. The van der Waals surface area contributed by atoms with Crippen molar-refractivity contribution in [1.82, 2.24) is 10.2 Å². The first-order chi connectivity index (χ1) is 8.38. The van der Waals surface area contributed by atoms with E-state index in [2.05, 4.69) is 5.32 Å². The molecule has 0 aliphatic carbocycles. The van der Waals surface area contributed by atoms with Gasteiger partial charge in [0.1, 0.15) is 6.54 Å². The first kappa shape index (κ1) is 16.2. The molecule has 0 aliphatic rings. The number of urea groups is 1. The van der Waals surface area contributed by atoms with E-state index in [1.165, 1.54) is 4.90 Å². The molecule has 104 valence electrons. The Kier molecular flexibility index (Phi) is 7.45. The molecule has 8 heteroatoms. The average molecular weight is 261 g/mol. The molecule has 0 saturated heterocycles. The number of carbonyl (C=O) groups excluding carboxylic acids is 2. The monoisotopic (exact) mass is 261 g/mol. The standard InChI is InChI=1S/C10H19N3O5/c1-2-3-4-13(6-8(11)15)10(18)12-5-7(14)9(16)17/h7,14H,2-6H2,1H3,(H2,11,15)(H,12,18)(H,16,17). The Balaban J connectivity index is 4.27. The predicted molar refractivity (Wildman–Crippen MR) is 62.7 cm³/mol. The molecule has 0 aromatic rings. The van der Waals surface area contributed by atoms with Gasteiger partial charge in [-0.3, -0.25) is 4.79 Å². The number of rotatable bonds is 8. The van der Waals surface area contributed by atoms with Crippen LogP contribution >= 0.6 is 0 Å². The zero-order chi connectivity index (χ0) is 14.1. The maximum Gasteiger partial charge on any atom is 0.334 e. The Hall–Kier alpha value is -1.83. The third-order valence-corrected chi connectivity index (χ3v) is 2.15. The zero-order valence-corrected chi connectivity index (χ0v) is 10.3. The van der Waals surface area contributed by atoms with Crippen LogP contribution in [0.4, 0.5) is 4.79 Å². The number of hydrogen-bond acceptors (Lipinski definition) is 4. The molecule has 0 saturated carbocycles. The number of aliphatic carboxylic acids is 1. The van der Waals surface area contributed by atoms with Crippen molar-refractivity contribution in [2.75, 3.05) is 19.6 Å². The highest BCUT2D eigenvalue weighted by atomic mass is 16.4. The number of primary amides is 1. The fourth-order valence-corrected chi connectivity index (χ4v) is 1.17.